The van der Waals surface area contributed by atoms with Crippen molar-refractivity contribution in [3.8, 4) is 23.0 Å². The Hall–Kier alpha value is -3.62. The monoisotopic (exact) mass is 523 g/mol. The molecule has 36 heavy (non-hydrogen) atoms. The Kier molecular flexibility index (Phi) is 6.80. The highest BCUT2D eigenvalue weighted by molar-refractivity contribution is 8.18. The molecule has 0 aromatic heterocycles. The largest absolute Gasteiger partial charge is 0.493 e. The van der Waals surface area contributed by atoms with Gasteiger partial charge in [-0.05, 0) is 59.7 Å². The number of hydrogen-bond acceptors (Lipinski definition) is 7. The van der Waals surface area contributed by atoms with Crippen molar-refractivity contribution < 1.29 is 28.5 Å². The van der Waals surface area contributed by atoms with Gasteiger partial charge in [-0.2, -0.15) is 0 Å². The van der Waals surface area contributed by atoms with Crippen molar-refractivity contribution in [2.75, 3.05) is 13.9 Å². The molecule has 0 atom stereocenters. The number of carbonyl (C=O) groups is 2. The number of amides is 2. The second-order valence-corrected chi connectivity index (χ2v) is 9.65. The van der Waals surface area contributed by atoms with Gasteiger partial charge < -0.3 is 18.9 Å². The highest BCUT2D eigenvalue weighted by atomic mass is 35.5. The van der Waals surface area contributed by atoms with Crippen LogP contribution in [0.4, 0.5) is 4.79 Å². The van der Waals surface area contributed by atoms with Gasteiger partial charge in [-0.15, -0.1) is 0 Å². The van der Waals surface area contributed by atoms with Gasteiger partial charge in [0.2, 0.25) is 6.79 Å². The number of nitrogens with zero attached hydrogens (tertiary/aromatic N) is 1. The van der Waals surface area contributed by atoms with Crippen LogP contribution < -0.4 is 18.9 Å². The first kappa shape index (κ1) is 24.1. The first-order valence-corrected chi connectivity index (χ1v) is 12.3. The number of aryl methyl sites for hydroxylation is 1. The van der Waals surface area contributed by atoms with E-state index < -0.39 is 5.91 Å². The minimum absolute atomic E-state index is 0.0343. The van der Waals surface area contributed by atoms with Gasteiger partial charge in [-0.25, -0.2) is 0 Å². The predicted molar refractivity (Wildman–Crippen MR) is 138 cm³/mol. The molecule has 0 saturated carbocycles. The maximum absolute atomic E-state index is 13.0. The third-order valence-electron chi connectivity index (χ3n) is 5.71. The lowest BCUT2D eigenvalue weighted by Gasteiger charge is -2.14. The number of hydrogen-bond donors (Lipinski definition) is 0. The summed E-state index contributed by atoms with van der Waals surface area (Å²) < 4.78 is 22.1. The van der Waals surface area contributed by atoms with Crippen LogP contribution in [0.2, 0.25) is 5.02 Å². The molecule has 3 aromatic carbocycles. The fraction of sp³-hybridized carbons (Fsp3) is 0.185. The molecular formula is C27H22ClNO6S. The molecule has 5 rings (SSSR count). The standard InChI is InChI=1S/C27H22ClNO6S/c1-16-4-3-5-18(8-16)14-33-21-7-6-17(9-22(21)32-2)10-25-26(30)29(27(31)36-25)13-19-11-23-24(12-20(19)28)35-15-34-23/h3-12H,13-15H2,1-2H3/b25-10+. The zero-order chi connectivity index (χ0) is 25.2. The number of fused-ring (bicyclic) bond motifs is 1. The van der Waals surface area contributed by atoms with Gasteiger partial charge >= 0.3 is 0 Å². The second-order valence-electron chi connectivity index (χ2n) is 8.25. The highest BCUT2D eigenvalue weighted by Crippen LogP contribution is 2.40. The molecule has 0 aliphatic carbocycles. The zero-order valence-corrected chi connectivity index (χ0v) is 21.2. The summed E-state index contributed by atoms with van der Waals surface area (Å²) in [6.45, 7) is 2.58. The molecule has 184 valence electrons. The van der Waals surface area contributed by atoms with E-state index in [9.17, 15) is 9.59 Å². The molecular weight excluding hydrogens is 502 g/mol. The number of imide groups is 1. The van der Waals surface area contributed by atoms with E-state index in [1.165, 1.54) is 0 Å². The molecule has 0 unspecified atom stereocenters. The van der Waals surface area contributed by atoms with E-state index in [1.807, 2.05) is 31.2 Å². The maximum atomic E-state index is 13.0. The summed E-state index contributed by atoms with van der Waals surface area (Å²) in [7, 11) is 1.56. The lowest BCUT2D eigenvalue weighted by Crippen LogP contribution is -2.27. The van der Waals surface area contributed by atoms with Crippen molar-refractivity contribution >= 4 is 40.6 Å². The normalized spacial score (nSPS) is 15.6. The van der Waals surface area contributed by atoms with Crippen molar-refractivity contribution in [2.45, 2.75) is 20.1 Å². The Labute approximate surface area is 217 Å². The van der Waals surface area contributed by atoms with E-state index in [1.54, 1.807) is 37.5 Å². The number of halogens is 1. The number of ether oxygens (including phenoxy) is 4. The first-order chi connectivity index (χ1) is 17.4. The van der Waals surface area contributed by atoms with Crippen LogP contribution in [0.5, 0.6) is 23.0 Å². The lowest BCUT2D eigenvalue weighted by molar-refractivity contribution is -0.123. The van der Waals surface area contributed by atoms with E-state index >= 15 is 0 Å². The molecule has 7 nitrogen and oxygen atoms in total. The average Bonchev–Trinajstić information content (AvgIpc) is 3.42. The van der Waals surface area contributed by atoms with Crippen molar-refractivity contribution in [3.05, 3.63) is 86.8 Å². The number of rotatable bonds is 7. The van der Waals surface area contributed by atoms with Crippen LogP contribution in [0.1, 0.15) is 22.3 Å². The molecule has 2 aliphatic rings. The summed E-state index contributed by atoms with van der Waals surface area (Å²) in [6, 6.07) is 16.8. The van der Waals surface area contributed by atoms with Gasteiger partial charge in [-0.1, -0.05) is 47.5 Å². The van der Waals surface area contributed by atoms with Crippen LogP contribution >= 0.6 is 23.4 Å². The molecule has 0 bridgehead atoms. The fourth-order valence-corrected chi connectivity index (χ4v) is 4.95. The minimum atomic E-state index is -0.391. The Balaban J connectivity index is 1.31. The molecule has 0 N–H and O–H groups in total. The third kappa shape index (κ3) is 5.01. The molecule has 0 spiro atoms. The average molecular weight is 524 g/mol. The number of carbonyl (C=O) groups excluding carboxylic acids is 2. The smallest absolute Gasteiger partial charge is 0.293 e. The van der Waals surface area contributed by atoms with Gasteiger partial charge in [-0.3, -0.25) is 14.5 Å². The van der Waals surface area contributed by atoms with Crippen molar-refractivity contribution in [2.24, 2.45) is 0 Å². The van der Waals surface area contributed by atoms with Crippen LogP contribution in [0.3, 0.4) is 0 Å². The number of benzene rings is 3. The summed E-state index contributed by atoms with van der Waals surface area (Å²) in [6.07, 6.45) is 1.67. The molecule has 2 heterocycles. The van der Waals surface area contributed by atoms with Crippen LogP contribution in [0.25, 0.3) is 6.08 Å². The Bertz CT molecular complexity index is 1390. The third-order valence-corrected chi connectivity index (χ3v) is 6.97. The van der Waals surface area contributed by atoms with Crippen molar-refractivity contribution in [3.63, 3.8) is 0 Å². The molecule has 2 amide bonds. The first-order valence-electron chi connectivity index (χ1n) is 11.1. The Morgan fingerprint density at radius 2 is 1.86 bits per heavy atom. The quantitative estimate of drug-likeness (QED) is 0.341. The van der Waals surface area contributed by atoms with Crippen LogP contribution in [-0.4, -0.2) is 29.9 Å². The van der Waals surface area contributed by atoms with E-state index in [2.05, 4.69) is 6.07 Å². The second kappa shape index (κ2) is 10.2. The van der Waals surface area contributed by atoms with E-state index in [0.29, 0.717) is 50.7 Å². The zero-order valence-electron chi connectivity index (χ0n) is 19.6. The van der Waals surface area contributed by atoms with E-state index in [-0.39, 0.29) is 18.6 Å². The molecule has 2 aliphatic heterocycles. The summed E-state index contributed by atoms with van der Waals surface area (Å²) >= 11 is 7.22. The fourth-order valence-electron chi connectivity index (χ4n) is 3.89. The van der Waals surface area contributed by atoms with Gasteiger partial charge in [0, 0.05) is 11.1 Å². The van der Waals surface area contributed by atoms with Crippen LogP contribution in [-0.2, 0) is 17.9 Å². The topological polar surface area (TPSA) is 74.3 Å². The van der Waals surface area contributed by atoms with Gasteiger partial charge in [0.1, 0.15) is 6.61 Å². The predicted octanol–water partition coefficient (Wildman–Crippen LogP) is 6.20. The molecule has 0 radical (unpaired) electrons. The summed E-state index contributed by atoms with van der Waals surface area (Å²) in [5, 5.41) is 0.0262. The lowest BCUT2D eigenvalue weighted by atomic mass is 10.1. The Morgan fingerprint density at radius 1 is 1.06 bits per heavy atom. The highest BCUT2D eigenvalue weighted by Gasteiger charge is 2.35. The molecule has 9 heteroatoms. The SMILES string of the molecule is COc1cc(/C=C2/SC(=O)N(Cc3cc4c(cc3Cl)OCO4)C2=O)ccc1OCc1cccc(C)c1. The Morgan fingerprint density at radius 3 is 2.64 bits per heavy atom. The van der Waals surface area contributed by atoms with Crippen LogP contribution in [0, 0.1) is 6.92 Å². The van der Waals surface area contributed by atoms with Gasteiger partial charge in [0.25, 0.3) is 11.1 Å². The van der Waals surface area contributed by atoms with E-state index in [4.69, 9.17) is 30.5 Å². The van der Waals surface area contributed by atoms with Gasteiger partial charge in [0.05, 0.1) is 18.6 Å². The number of thioether (sulfide) groups is 1. The summed E-state index contributed by atoms with van der Waals surface area (Å²) in [5.41, 5.74) is 3.52. The maximum Gasteiger partial charge on any atom is 0.293 e. The molecule has 1 saturated heterocycles. The minimum Gasteiger partial charge on any atom is -0.493 e. The van der Waals surface area contributed by atoms with Crippen molar-refractivity contribution in [1.82, 2.24) is 4.90 Å². The van der Waals surface area contributed by atoms with E-state index in [0.717, 1.165) is 27.8 Å². The summed E-state index contributed by atoms with van der Waals surface area (Å²) in [5.74, 6) is 1.80. The van der Waals surface area contributed by atoms with Crippen LogP contribution in [0.15, 0.2) is 59.5 Å². The molecule has 1 fully saturated rings. The summed E-state index contributed by atoms with van der Waals surface area (Å²) in [4.78, 5) is 27.2. The molecule has 3 aromatic rings. The van der Waals surface area contributed by atoms with Crippen molar-refractivity contribution in [1.29, 1.82) is 0 Å². The van der Waals surface area contributed by atoms with Gasteiger partial charge in [0.15, 0.2) is 23.0 Å². The number of methoxy groups -OCH3 is 1.